The predicted octanol–water partition coefficient (Wildman–Crippen LogP) is 4.41. The minimum absolute atomic E-state index is 0.0563. The zero-order chi connectivity index (χ0) is 24.0. The van der Waals surface area contributed by atoms with Crippen LogP contribution in [0.5, 0.6) is 5.75 Å². The molecule has 182 valence electrons. The molecule has 0 unspecified atom stereocenters. The summed E-state index contributed by atoms with van der Waals surface area (Å²) in [6.07, 6.45) is 4.46. The van der Waals surface area contributed by atoms with E-state index in [1.807, 2.05) is 12.1 Å². The normalized spacial score (nSPS) is 18.6. The van der Waals surface area contributed by atoms with Crippen LogP contribution >= 0.6 is 0 Å². The number of rotatable bonds is 10. The molecule has 0 saturated carbocycles. The van der Waals surface area contributed by atoms with Crippen molar-refractivity contribution in [1.29, 1.82) is 0 Å². The third-order valence-corrected chi connectivity index (χ3v) is 7.89. The molecule has 1 amide bonds. The fourth-order valence-corrected chi connectivity index (χ4v) is 4.85. The van der Waals surface area contributed by atoms with Crippen molar-refractivity contribution in [3.8, 4) is 5.75 Å². The predicted molar refractivity (Wildman–Crippen MR) is 139 cm³/mol. The van der Waals surface area contributed by atoms with E-state index >= 15 is 0 Å². The van der Waals surface area contributed by atoms with Gasteiger partial charge in [-0.15, -0.1) is 0 Å². The van der Waals surface area contributed by atoms with Crippen molar-refractivity contribution in [2.45, 2.75) is 51.1 Å². The third-order valence-electron chi connectivity index (χ3n) is 6.19. The molecule has 2 aromatic carbocycles. The molecule has 1 fully saturated rings. The van der Waals surface area contributed by atoms with E-state index in [1.165, 1.54) is 28.4 Å². The summed E-state index contributed by atoms with van der Waals surface area (Å²) in [5, 5.41) is 4.97. The summed E-state index contributed by atoms with van der Waals surface area (Å²) in [5.74, 6) is 0.966. The average molecular weight is 480 g/mol. The van der Waals surface area contributed by atoms with Gasteiger partial charge < -0.3 is 14.8 Å². The average Bonchev–Trinajstić information content (AvgIpc) is 3.28. The second-order valence-corrected chi connectivity index (χ2v) is 15.9. The van der Waals surface area contributed by atoms with Crippen LogP contribution in [0.15, 0.2) is 54.6 Å². The highest BCUT2D eigenvalue weighted by Gasteiger charge is 2.20. The van der Waals surface area contributed by atoms with Gasteiger partial charge in [0.25, 0.3) is 0 Å². The molecule has 7 heteroatoms. The number of amides is 1. The van der Waals surface area contributed by atoms with Crippen molar-refractivity contribution in [2.75, 3.05) is 26.4 Å². The first kappa shape index (κ1) is 24.5. The van der Waals surface area contributed by atoms with E-state index in [1.54, 1.807) is 0 Å². The van der Waals surface area contributed by atoms with Gasteiger partial charge in [-0.3, -0.25) is 9.80 Å². The molecule has 0 aromatic heterocycles. The molecule has 2 heterocycles. The van der Waals surface area contributed by atoms with Crippen LogP contribution in [0, 0.1) is 0 Å². The molecule has 0 spiro atoms. The van der Waals surface area contributed by atoms with Crippen molar-refractivity contribution in [2.24, 2.45) is 0 Å². The second kappa shape index (κ2) is 11.2. The maximum Gasteiger partial charge on any atom is 0.220 e. The fourth-order valence-electron chi connectivity index (χ4n) is 4.09. The number of hydrazine groups is 1. The molecule has 6 nitrogen and oxygen atoms in total. The first-order valence-corrected chi connectivity index (χ1v) is 16.0. The Morgan fingerprint density at radius 2 is 1.74 bits per heavy atom. The number of hydrogen-bond donors (Lipinski definition) is 2. The lowest BCUT2D eigenvalue weighted by Crippen LogP contribution is -2.40. The lowest BCUT2D eigenvalue weighted by atomic mass is 10.0. The van der Waals surface area contributed by atoms with Gasteiger partial charge in [0.1, 0.15) is 18.6 Å². The number of carbonyl (C=O) groups excluding carboxylic acids is 1. The van der Waals surface area contributed by atoms with E-state index in [-0.39, 0.29) is 12.0 Å². The molecule has 2 aliphatic rings. The summed E-state index contributed by atoms with van der Waals surface area (Å²) < 4.78 is 11.9. The van der Waals surface area contributed by atoms with Crippen LogP contribution in [0.2, 0.25) is 25.7 Å². The Balaban J connectivity index is 1.27. The summed E-state index contributed by atoms with van der Waals surface area (Å²) >= 11 is 0. The molecular formula is C27H37N3O3Si. The summed E-state index contributed by atoms with van der Waals surface area (Å²) in [5.41, 5.74) is 8.29. The van der Waals surface area contributed by atoms with Gasteiger partial charge in [-0.2, -0.15) is 0 Å². The molecule has 1 atom stereocenters. The van der Waals surface area contributed by atoms with Crippen molar-refractivity contribution in [1.82, 2.24) is 15.8 Å². The lowest BCUT2D eigenvalue weighted by Gasteiger charge is -2.24. The standard InChI is InChI=1S/C27H37N3O3Si/c1-34(2,3)17-16-32-20-30-26(14-15-29-30)23-8-4-21(5-9-23)18-22-6-10-24(11-7-22)33-25-12-13-27(31)28-19-25/h4-11,14,25,29H,12-13,15-20H2,1-3H3,(H,28,31)/t25-/m1/s1. The van der Waals surface area contributed by atoms with Gasteiger partial charge >= 0.3 is 0 Å². The molecule has 2 aromatic rings. The molecule has 1 saturated heterocycles. The van der Waals surface area contributed by atoms with Gasteiger partial charge in [0.05, 0.1) is 12.2 Å². The number of carbonyl (C=O) groups is 1. The van der Waals surface area contributed by atoms with E-state index in [2.05, 4.69) is 77.9 Å². The maximum absolute atomic E-state index is 11.3. The fraction of sp³-hybridized carbons (Fsp3) is 0.444. The quantitative estimate of drug-likeness (QED) is 0.390. The van der Waals surface area contributed by atoms with Crippen LogP contribution in [-0.4, -0.2) is 51.5 Å². The molecular weight excluding hydrogens is 442 g/mol. The first-order valence-electron chi connectivity index (χ1n) is 12.3. The highest BCUT2D eigenvalue weighted by Crippen LogP contribution is 2.23. The number of hydrogen-bond acceptors (Lipinski definition) is 5. The minimum Gasteiger partial charge on any atom is -0.489 e. The van der Waals surface area contributed by atoms with Gasteiger partial charge in [-0.05, 0) is 53.8 Å². The highest BCUT2D eigenvalue weighted by atomic mass is 28.3. The van der Waals surface area contributed by atoms with Crippen LogP contribution in [0.25, 0.3) is 5.70 Å². The smallest absolute Gasteiger partial charge is 0.220 e. The van der Waals surface area contributed by atoms with Crippen LogP contribution in [0.1, 0.15) is 29.5 Å². The number of piperidine rings is 1. The van der Waals surface area contributed by atoms with Crippen molar-refractivity contribution in [3.63, 3.8) is 0 Å². The summed E-state index contributed by atoms with van der Waals surface area (Å²) in [6, 6.07) is 18.3. The Kier molecular flexibility index (Phi) is 8.08. The van der Waals surface area contributed by atoms with E-state index in [0.717, 1.165) is 31.7 Å². The molecule has 0 aliphatic carbocycles. The van der Waals surface area contributed by atoms with E-state index < -0.39 is 8.07 Å². The Morgan fingerprint density at radius 1 is 1.03 bits per heavy atom. The van der Waals surface area contributed by atoms with E-state index in [0.29, 0.717) is 19.7 Å². The number of nitrogens with zero attached hydrogens (tertiary/aromatic N) is 1. The van der Waals surface area contributed by atoms with Gasteiger partial charge in [0.2, 0.25) is 5.91 Å². The van der Waals surface area contributed by atoms with E-state index in [4.69, 9.17) is 9.47 Å². The van der Waals surface area contributed by atoms with Gasteiger partial charge in [-0.25, -0.2) is 5.43 Å². The Morgan fingerprint density at radius 3 is 2.38 bits per heavy atom. The Hall–Kier alpha value is -2.61. The maximum atomic E-state index is 11.3. The first-order chi connectivity index (χ1) is 16.4. The monoisotopic (exact) mass is 479 g/mol. The second-order valence-electron chi connectivity index (χ2n) is 10.3. The van der Waals surface area contributed by atoms with E-state index in [9.17, 15) is 4.79 Å². The molecule has 34 heavy (non-hydrogen) atoms. The van der Waals surface area contributed by atoms with Crippen LogP contribution in [-0.2, 0) is 16.0 Å². The molecule has 4 rings (SSSR count). The number of nitrogens with one attached hydrogen (secondary N) is 2. The third kappa shape index (κ3) is 7.19. The Labute approximate surface area is 204 Å². The Bertz CT molecular complexity index is 974. The molecule has 2 N–H and O–H groups in total. The topological polar surface area (TPSA) is 62.8 Å². The van der Waals surface area contributed by atoms with Crippen molar-refractivity contribution < 1.29 is 14.3 Å². The number of ether oxygens (including phenoxy) is 2. The van der Waals surface area contributed by atoms with Gasteiger partial charge in [-0.1, -0.05) is 56.0 Å². The van der Waals surface area contributed by atoms with Gasteiger partial charge in [0.15, 0.2) is 0 Å². The number of benzene rings is 2. The van der Waals surface area contributed by atoms with Crippen molar-refractivity contribution >= 4 is 19.7 Å². The van der Waals surface area contributed by atoms with Crippen LogP contribution < -0.4 is 15.5 Å². The summed E-state index contributed by atoms with van der Waals surface area (Å²) in [4.78, 5) is 11.3. The van der Waals surface area contributed by atoms with Crippen LogP contribution in [0.4, 0.5) is 0 Å². The zero-order valence-corrected chi connectivity index (χ0v) is 21.6. The minimum atomic E-state index is -1.07. The summed E-state index contributed by atoms with van der Waals surface area (Å²) in [7, 11) is -1.07. The van der Waals surface area contributed by atoms with Gasteiger partial charge in [0, 0.05) is 27.6 Å². The largest absolute Gasteiger partial charge is 0.489 e. The van der Waals surface area contributed by atoms with Crippen molar-refractivity contribution in [3.05, 3.63) is 71.3 Å². The SMILES string of the molecule is C[Si](C)(C)CCOCN1NCC=C1c1ccc(Cc2ccc(O[C@@H]3CCC(=O)NC3)cc2)cc1. The zero-order valence-electron chi connectivity index (χ0n) is 20.6. The molecule has 2 aliphatic heterocycles. The summed E-state index contributed by atoms with van der Waals surface area (Å²) in [6.45, 7) is 9.93. The van der Waals surface area contributed by atoms with Crippen LogP contribution in [0.3, 0.4) is 0 Å². The highest BCUT2D eigenvalue weighted by molar-refractivity contribution is 6.76. The molecule has 0 radical (unpaired) electrons. The molecule has 0 bridgehead atoms. The lowest BCUT2D eigenvalue weighted by molar-refractivity contribution is -0.123.